The van der Waals surface area contributed by atoms with Crippen molar-refractivity contribution < 1.29 is 9.45 Å². The van der Waals surface area contributed by atoms with Crippen LogP contribution in [0.2, 0.25) is 0 Å². The first-order valence-electron chi connectivity index (χ1n) is 5.96. The van der Waals surface area contributed by atoms with E-state index in [-0.39, 0.29) is 11.7 Å². The van der Waals surface area contributed by atoms with Crippen LogP contribution in [0.25, 0.3) is 0 Å². The Morgan fingerprint density at radius 2 is 2.26 bits per heavy atom. The Balaban J connectivity index is 2.01. The molecule has 6 heteroatoms. The van der Waals surface area contributed by atoms with Gasteiger partial charge in [-0.1, -0.05) is 17.3 Å². The number of hydrogen-bond donors (Lipinski definition) is 1. The van der Waals surface area contributed by atoms with Gasteiger partial charge < -0.3 is 9.84 Å². The highest BCUT2D eigenvalue weighted by Gasteiger charge is 2.11. The smallest absolute Gasteiger partial charge is 0.269 e. The molecule has 19 heavy (non-hydrogen) atoms. The van der Waals surface area contributed by atoms with Crippen molar-refractivity contribution in [1.29, 1.82) is 0 Å². The third-order valence-corrected chi connectivity index (χ3v) is 2.84. The van der Waals surface area contributed by atoms with E-state index in [4.69, 9.17) is 4.52 Å². The number of nitro groups is 1. The fourth-order valence-electron chi connectivity index (χ4n) is 1.78. The number of rotatable bonds is 5. The number of aryl methyl sites for hydroxylation is 1. The van der Waals surface area contributed by atoms with E-state index < -0.39 is 4.92 Å². The van der Waals surface area contributed by atoms with Crippen LogP contribution in [0.4, 0.5) is 5.69 Å². The summed E-state index contributed by atoms with van der Waals surface area (Å²) in [6, 6.07) is 8.44. The Morgan fingerprint density at radius 3 is 2.89 bits per heavy atom. The molecule has 0 bridgehead atoms. The second-order valence-corrected chi connectivity index (χ2v) is 4.39. The summed E-state index contributed by atoms with van der Waals surface area (Å²) in [4.78, 5) is 10.3. The molecule has 2 aromatic rings. The van der Waals surface area contributed by atoms with Crippen LogP contribution in [-0.4, -0.2) is 10.1 Å². The fraction of sp³-hybridized carbons (Fsp3) is 0.308. The van der Waals surface area contributed by atoms with Crippen LogP contribution in [0.5, 0.6) is 0 Å². The highest BCUT2D eigenvalue weighted by atomic mass is 16.6. The first-order chi connectivity index (χ1) is 9.06. The monoisotopic (exact) mass is 261 g/mol. The van der Waals surface area contributed by atoms with Gasteiger partial charge in [0.05, 0.1) is 17.2 Å². The summed E-state index contributed by atoms with van der Waals surface area (Å²) in [6.45, 7) is 4.34. The molecule has 1 aromatic heterocycles. The van der Waals surface area contributed by atoms with Crippen molar-refractivity contribution in [2.75, 3.05) is 0 Å². The van der Waals surface area contributed by atoms with Crippen molar-refractivity contribution in [1.82, 2.24) is 10.5 Å². The molecule has 1 unspecified atom stereocenters. The minimum Gasteiger partial charge on any atom is -0.360 e. The van der Waals surface area contributed by atoms with Crippen LogP contribution < -0.4 is 5.32 Å². The first-order valence-corrected chi connectivity index (χ1v) is 5.96. The second kappa shape index (κ2) is 5.62. The molecule has 0 amide bonds. The van der Waals surface area contributed by atoms with E-state index in [1.807, 2.05) is 26.0 Å². The number of aromatic nitrogens is 1. The van der Waals surface area contributed by atoms with Gasteiger partial charge in [0.1, 0.15) is 0 Å². The topological polar surface area (TPSA) is 81.2 Å². The summed E-state index contributed by atoms with van der Waals surface area (Å²) in [6.07, 6.45) is 0. The van der Waals surface area contributed by atoms with E-state index >= 15 is 0 Å². The molecule has 6 nitrogen and oxygen atoms in total. The number of benzene rings is 1. The minimum atomic E-state index is -0.393. The average molecular weight is 261 g/mol. The molecule has 0 aliphatic heterocycles. The molecule has 0 saturated carbocycles. The average Bonchev–Trinajstić information content (AvgIpc) is 2.82. The summed E-state index contributed by atoms with van der Waals surface area (Å²) in [5.41, 5.74) is 1.80. The largest absolute Gasteiger partial charge is 0.360 e. The number of non-ortho nitro benzene ring substituents is 1. The van der Waals surface area contributed by atoms with Crippen molar-refractivity contribution in [2.24, 2.45) is 0 Å². The highest BCUT2D eigenvalue weighted by Crippen LogP contribution is 2.19. The van der Waals surface area contributed by atoms with Gasteiger partial charge >= 0.3 is 0 Å². The number of hydrogen-bond acceptors (Lipinski definition) is 5. The van der Waals surface area contributed by atoms with Crippen LogP contribution in [-0.2, 0) is 6.54 Å². The molecule has 1 atom stereocenters. The predicted molar refractivity (Wildman–Crippen MR) is 69.6 cm³/mol. The van der Waals surface area contributed by atoms with Gasteiger partial charge in [0.2, 0.25) is 0 Å². The van der Waals surface area contributed by atoms with Crippen LogP contribution >= 0.6 is 0 Å². The van der Waals surface area contributed by atoms with Crippen LogP contribution in [0.15, 0.2) is 34.9 Å². The van der Waals surface area contributed by atoms with Gasteiger partial charge in [-0.3, -0.25) is 10.1 Å². The maximum Gasteiger partial charge on any atom is 0.269 e. The highest BCUT2D eigenvalue weighted by molar-refractivity contribution is 5.35. The van der Waals surface area contributed by atoms with Crippen molar-refractivity contribution >= 4 is 5.69 Å². The molecule has 0 aliphatic rings. The molecule has 0 spiro atoms. The number of nitro benzene ring substituents is 1. The van der Waals surface area contributed by atoms with Gasteiger partial charge in [-0.2, -0.15) is 0 Å². The summed E-state index contributed by atoms with van der Waals surface area (Å²) in [5, 5.41) is 17.8. The molecule has 0 saturated heterocycles. The normalized spacial score (nSPS) is 12.3. The summed E-state index contributed by atoms with van der Waals surface area (Å²) < 4.78 is 5.09. The molecule has 0 radical (unpaired) electrons. The standard InChI is InChI=1S/C13H15N3O3/c1-9-6-13(19-15-9)8-14-10(2)11-4-3-5-12(7-11)16(17)18/h3-7,10,14H,8H2,1-2H3. The van der Waals surface area contributed by atoms with Crippen LogP contribution in [0.1, 0.15) is 30.0 Å². The van der Waals surface area contributed by atoms with Gasteiger partial charge in [0, 0.05) is 24.2 Å². The Labute approximate surface area is 110 Å². The molecular weight excluding hydrogens is 246 g/mol. The van der Waals surface area contributed by atoms with Crippen molar-refractivity contribution in [2.45, 2.75) is 26.4 Å². The molecule has 2 rings (SSSR count). The zero-order valence-electron chi connectivity index (χ0n) is 10.8. The lowest BCUT2D eigenvalue weighted by Crippen LogP contribution is -2.17. The van der Waals surface area contributed by atoms with Gasteiger partial charge in [-0.15, -0.1) is 0 Å². The molecule has 100 valence electrons. The number of nitrogens with one attached hydrogen (secondary N) is 1. The summed E-state index contributed by atoms with van der Waals surface area (Å²) in [7, 11) is 0. The van der Waals surface area contributed by atoms with Gasteiger partial charge in [-0.25, -0.2) is 0 Å². The molecule has 1 aromatic carbocycles. The first kappa shape index (κ1) is 13.2. The Morgan fingerprint density at radius 1 is 1.47 bits per heavy atom. The third-order valence-electron chi connectivity index (χ3n) is 2.84. The fourth-order valence-corrected chi connectivity index (χ4v) is 1.78. The van der Waals surface area contributed by atoms with Gasteiger partial charge in [0.15, 0.2) is 5.76 Å². The number of nitrogens with zero attached hydrogens (tertiary/aromatic N) is 2. The lowest BCUT2D eigenvalue weighted by molar-refractivity contribution is -0.384. The maximum absolute atomic E-state index is 10.7. The molecule has 0 aliphatic carbocycles. The van der Waals surface area contributed by atoms with Crippen molar-refractivity contribution in [3.63, 3.8) is 0 Å². The molecule has 0 fully saturated rings. The van der Waals surface area contributed by atoms with Crippen LogP contribution in [0.3, 0.4) is 0 Å². The quantitative estimate of drug-likeness (QED) is 0.661. The van der Waals surface area contributed by atoms with E-state index in [0.29, 0.717) is 6.54 Å². The molecular formula is C13H15N3O3. The lowest BCUT2D eigenvalue weighted by atomic mass is 10.1. The van der Waals surface area contributed by atoms with Gasteiger partial charge in [-0.05, 0) is 19.4 Å². The van der Waals surface area contributed by atoms with E-state index in [1.165, 1.54) is 6.07 Å². The van der Waals surface area contributed by atoms with Crippen molar-refractivity contribution in [3.05, 3.63) is 57.5 Å². The zero-order chi connectivity index (χ0) is 13.8. The van der Waals surface area contributed by atoms with E-state index in [2.05, 4.69) is 10.5 Å². The van der Waals surface area contributed by atoms with E-state index in [1.54, 1.807) is 12.1 Å². The summed E-state index contributed by atoms with van der Waals surface area (Å²) >= 11 is 0. The zero-order valence-corrected chi connectivity index (χ0v) is 10.8. The second-order valence-electron chi connectivity index (χ2n) is 4.39. The van der Waals surface area contributed by atoms with Crippen molar-refractivity contribution in [3.8, 4) is 0 Å². The maximum atomic E-state index is 10.7. The Kier molecular flexibility index (Phi) is 3.91. The SMILES string of the molecule is Cc1cc(CNC(C)c2cccc([N+](=O)[O-])c2)on1. The Bertz CT molecular complexity index is 580. The summed E-state index contributed by atoms with van der Waals surface area (Å²) in [5.74, 6) is 0.745. The minimum absolute atomic E-state index is 0.00898. The molecule has 1 N–H and O–H groups in total. The molecule has 1 heterocycles. The predicted octanol–water partition coefficient (Wildman–Crippen LogP) is 2.74. The van der Waals surface area contributed by atoms with Crippen LogP contribution in [0, 0.1) is 17.0 Å². The third kappa shape index (κ3) is 3.38. The van der Waals surface area contributed by atoms with E-state index in [0.717, 1.165) is 17.0 Å². The Hall–Kier alpha value is -2.21. The van der Waals surface area contributed by atoms with E-state index in [9.17, 15) is 10.1 Å². The lowest BCUT2D eigenvalue weighted by Gasteiger charge is -2.12. The van der Waals surface area contributed by atoms with Gasteiger partial charge in [0.25, 0.3) is 5.69 Å².